The van der Waals surface area contributed by atoms with Crippen molar-refractivity contribution in [3.8, 4) is 5.75 Å². The third-order valence-electron chi connectivity index (χ3n) is 3.44. The number of hydrogen-bond donors (Lipinski definition) is 1. The summed E-state index contributed by atoms with van der Waals surface area (Å²) in [5.74, 6) is -0.986. The number of nitrogens with one attached hydrogen (secondary N) is 1. The van der Waals surface area contributed by atoms with Gasteiger partial charge in [-0.15, -0.1) is 6.58 Å². The monoisotopic (exact) mass is 396 g/mol. The lowest BCUT2D eigenvalue weighted by atomic mass is 10.2. The number of methoxy groups -OCH3 is 1. The quantitative estimate of drug-likeness (QED) is 0.382. The molecule has 1 N–H and O–H groups in total. The molecular weight excluding hydrogens is 372 g/mol. The smallest absolute Gasteiger partial charge is 0.331 e. The Hall–Kier alpha value is -2.65. The summed E-state index contributed by atoms with van der Waals surface area (Å²) in [6.07, 6.45) is 3.05. The Balaban J connectivity index is 2.94. The van der Waals surface area contributed by atoms with Gasteiger partial charge in [0.05, 0.1) is 7.11 Å². The molecule has 9 heteroatoms. The maximum Gasteiger partial charge on any atom is 0.331 e. The van der Waals surface area contributed by atoms with Crippen molar-refractivity contribution in [2.24, 2.45) is 0 Å². The van der Waals surface area contributed by atoms with Gasteiger partial charge in [-0.25, -0.2) is 17.5 Å². The first-order valence-electron chi connectivity index (χ1n) is 8.01. The minimum atomic E-state index is -3.72. The van der Waals surface area contributed by atoms with Gasteiger partial charge in [-0.3, -0.25) is 4.79 Å². The summed E-state index contributed by atoms with van der Waals surface area (Å²) in [5, 5.41) is 2.52. The number of benzene rings is 1. The van der Waals surface area contributed by atoms with Crippen LogP contribution in [0.2, 0.25) is 0 Å². The number of ether oxygens (including phenoxy) is 2. The molecule has 0 spiro atoms. The predicted octanol–water partition coefficient (Wildman–Crippen LogP) is 1.19. The van der Waals surface area contributed by atoms with Gasteiger partial charge >= 0.3 is 5.97 Å². The van der Waals surface area contributed by atoms with E-state index in [2.05, 4.69) is 11.9 Å². The molecule has 0 aliphatic rings. The molecule has 0 aliphatic carbocycles. The number of sulfonamides is 1. The Morgan fingerprint density at radius 1 is 1.33 bits per heavy atom. The highest BCUT2D eigenvalue weighted by Gasteiger charge is 2.22. The van der Waals surface area contributed by atoms with Crippen LogP contribution < -0.4 is 10.1 Å². The lowest BCUT2D eigenvalue weighted by Crippen LogP contribution is -2.35. The number of hydrogen-bond acceptors (Lipinski definition) is 6. The molecule has 27 heavy (non-hydrogen) atoms. The van der Waals surface area contributed by atoms with E-state index in [4.69, 9.17) is 9.47 Å². The molecule has 1 atom stereocenters. The zero-order valence-electron chi connectivity index (χ0n) is 15.8. The third-order valence-corrected chi connectivity index (χ3v) is 5.28. The molecule has 8 nitrogen and oxygen atoms in total. The maximum absolute atomic E-state index is 12.4. The molecule has 1 aromatic rings. The molecule has 1 rings (SSSR count). The average Bonchev–Trinajstić information content (AvgIpc) is 2.63. The summed E-state index contributed by atoms with van der Waals surface area (Å²) in [5.41, 5.74) is 0.455. The standard InChI is InChI=1S/C18H24N2O6S/c1-6-11-19-18(22)13(2)26-17(21)10-8-14-7-9-15(25-5)16(12-14)27(23,24)20(3)4/h6-10,12-13H,1,11H2,2-5H3,(H,19,22)/b10-8+/t13-/m1/s1. The van der Waals surface area contributed by atoms with Crippen LogP contribution >= 0.6 is 0 Å². The van der Waals surface area contributed by atoms with Crippen molar-refractivity contribution >= 4 is 28.0 Å². The number of nitrogens with zero attached hydrogens (tertiary/aromatic N) is 1. The third kappa shape index (κ3) is 6.22. The second-order valence-electron chi connectivity index (χ2n) is 5.64. The second-order valence-corrected chi connectivity index (χ2v) is 7.76. The van der Waals surface area contributed by atoms with E-state index in [-0.39, 0.29) is 17.2 Å². The summed E-state index contributed by atoms with van der Waals surface area (Å²) in [6.45, 7) is 5.19. The molecule has 0 saturated carbocycles. The van der Waals surface area contributed by atoms with Gasteiger partial charge in [0.15, 0.2) is 6.10 Å². The molecule has 0 radical (unpaired) electrons. The van der Waals surface area contributed by atoms with Crippen LogP contribution in [-0.4, -0.2) is 58.5 Å². The molecule has 0 unspecified atom stereocenters. The van der Waals surface area contributed by atoms with Crippen LogP contribution in [0.1, 0.15) is 12.5 Å². The van der Waals surface area contributed by atoms with Gasteiger partial charge < -0.3 is 14.8 Å². The van der Waals surface area contributed by atoms with Crippen LogP contribution in [-0.2, 0) is 24.3 Å². The normalized spacial score (nSPS) is 12.6. The summed E-state index contributed by atoms with van der Waals surface area (Å²) in [4.78, 5) is 23.5. The van der Waals surface area contributed by atoms with Crippen LogP contribution in [0.5, 0.6) is 5.75 Å². The summed E-state index contributed by atoms with van der Waals surface area (Å²) in [7, 11) is 0.469. The van der Waals surface area contributed by atoms with Gasteiger partial charge in [-0.1, -0.05) is 12.1 Å². The van der Waals surface area contributed by atoms with Crippen molar-refractivity contribution in [3.63, 3.8) is 0 Å². The van der Waals surface area contributed by atoms with E-state index < -0.39 is 28.0 Å². The zero-order chi connectivity index (χ0) is 20.6. The van der Waals surface area contributed by atoms with E-state index in [1.54, 1.807) is 6.07 Å². The van der Waals surface area contributed by atoms with Crippen LogP contribution in [0.25, 0.3) is 6.08 Å². The van der Waals surface area contributed by atoms with Crippen LogP contribution in [0, 0.1) is 0 Å². The van der Waals surface area contributed by atoms with E-state index in [0.29, 0.717) is 5.56 Å². The van der Waals surface area contributed by atoms with Crippen molar-refractivity contribution in [1.82, 2.24) is 9.62 Å². The van der Waals surface area contributed by atoms with Crippen LogP contribution in [0.4, 0.5) is 0 Å². The second kappa shape index (κ2) is 9.89. The minimum Gasteiger partial charge on any atom is -0.495 e. The van der Waals surface area contributed by atoms with Gasteiger partial charge in [-0.2, -0.15) is 0 Å². The Morgan fingerprint density at radius 2 is 2.00 bits per heavy atom. The van der Waals surface area contributed by atoms with Crippen molar-refractivity contribution < 1.29 is 27.5 Å². The topological polar surface area (TPSA) is 102 Å². The SMILES string of the molecule is C=CCNC(=O)[C@@H](C)OC(=O)/C=C/c1ccc(OC)c(S(=O)(=O)N(C)C)c1. The molecular formula is C18H24N2O6S. The number of carbonyl (C=O) groups is 2. The molecule has 0 aliphatic heterocycles. The van der Waals surface area contributed by atoms with E-state index >= 15 is 0 Å². The Bertz CT molecular complexity index is 830. The van der Waals surface area contributed by atoms with E-state index in [1.165, 1.54) is 52.4 Å². The first-order chi connectivity index (χ1) is 12.6. The number of carbonyl (C=O) groups excluding carboxylic acids is 2. The van der Waals surface area contributed by atoms with Gasteiger partial charge in [0.1, 0.15) is 10.6 Å². The highest BCUT2D eigenvalue weighted by molar-refractivity contribution is 7.89. The van der Waals surface area contributed by atoms with Crippen LogP contribution in [0.15, 0.2) is 41.8 Å². The van der Waals surface area contributed by atoms with E-state index in [0.717, 1.165) is 10.4 Å². The van der Waals surface area contributed by atoms with Gasteiger partial charge in [-0.05, 0) is 30.7 Å². The summed E-state index contributed by atoms with van der Waals surface area (Å²) < 4.78 is 35.9. The van der Waals surface area contributed by atoms with Crippen LogP contribution in [0.3, 0.4) is 0 Å². The average molecular weight is 396 g/mol. The summed E-state index contributed by atoms with van der Waals surface area (Å²) in [6, 6.07) is 4.47. The zero-order valence-corrected chi connectivity index (χ0v) is 16.6. The highest BCUT2D eigenvalue weighted by Crippen LogP contribution is 2.27. The molecule has 0 bridgehead atoms. The molecule has 1 amide bonds. The minimum absolute atomic E-state index is 0.0253. The molecule has 0 aromatic heterocycles. The van der Waals surface area contributed by atoms with E-state index in [1.807, 2.05) is 0 Å². The largest absolute Gasteiger partial charge is 0.495 e. The van der Waals surface area contributed by atoms with Gasteiger partial charge in [0, 0.05) is 26.7 Å². The Morgan fingerprint density at radius 3 is 2.56 bits per heavy atom. The lowest BCUT2D eigenvalue weighted by molar-refractivity contribution is -0.150. The van der Waals surface area contributed by atoms with E-state index in [9.17, 15) is 18.0 Å². The molecule has 148 valence electrons. The maximum atomic E-state index is 12.4. The van der Waals surface area contributed by atoms with Crippen molar-refractivity contribution in [2.75, 3.05) is 27.7 Å². The summed E-state index contributed by atoms with van der Waals surface area (Å²) >= 11 is 0. The molecule has 0 fully saturated rings. The number of amides is 1. The first-order valence-corrected chi connectivity index (χ1v) is 9.45. The predicted molar refractivity (Wildman–Crippen MR) is 102 cm³/mol. The molecule has 0 saturated heterocycles. The number of rotatable bonds is 9. The van der Waals surface area contributed by atoms with Crippen molar-refractivity contribution in [3.05, 3.63) is 42.5 Å². The fraction of sp³-hybridized carbons (Fsp3) is 0.333. The van der Waals surface area contributed by atoms with Crippen molar-refractivity contribution in [2.45, 2.75) is 17.9 Å². The Labute approximate surface area is 159 Å². The first kappa shape index (κ1) is 22.4. The lowest BCUT2D eigenvalue weighted by Gasteiger charge is -2.15. The fourth-order valence-electron chi connectivity index (χ4n) is 1.94. The Kier molecular flexibility index (Phi) is 8.20. The van der Waals surface area contributed by atoms with Gasteiger partial charge in [0.2, 0.25) is 10.0 Å². The number of esters is 1. The highest BCUT2D eigenvalue weighted by atomic mass is 32.2. The van der Waals surface area contributed by atoms with Gasteiger partial charge in [0.25, 0.3) is 5.91 Å². The molecule has 0 heterocycles. The molecule has 1 aromatic carbocycles. The van der Waals surface area contributed by atoms with Crippen molar-refractivity contribution in [1.29, 1.82) is 0 Å². The fourth-order valence-corrected chi connectivity index (χ4v) is 3.03.